The summed E-state index contributed by atoms with van der Waals surface area (Å²) in [6.07, 6.45) is 1.14. The summed E-state index contributed by atoms with van der Waals surface area (Å²) in [6.45, 7) is -0.169. The van der Waals surface area contributed by atoms with Crippen LogP contribution in [0.4, 0.5) is 0 Å². The minimum absolute atomic E-state index is 0.112. The first-order chi connectivity index (χ1) is 7.70. The molecule has 4 N–H and O–H groups in total. The molecule has 1 aliphatic rings. The van der Waals surface area contributed by atoms with Crippen LogP contribution in [0.1, 0.15) is 23.6 Å². The largest absolute Gasteiger partial charge is 0.491 e. The summed E-state index contributed by atoms with van der Waals surface area (Å²) in [4.78, 5) is 0. The van der Waals surface area contributed by atoms with E-state index in [4.69, 9.17) is 20.7 Å². The van der Waals surface area contributed by atoms with Crippen LogP contribution in [0.5, 0.6) is 5.75 Å². The zero-order chi connectivity index (χ0) is 11.5. The van der Waals surface area contributed by atoms with Gasteiger partial charge in [-0.25, -0.2) is 0 Å². The minimum atomic E-state index is -0.824. The van der Waals surface area contributed by atoms with Gasteiger partial charge >= 0.3 is 0 Å². The molecular weight excluding hydrogens is 206 g/mol. The predicted molar refractivity (Wildman–Crippen MR) is 60.3 cm³/mol. The molecule has 0 amide bonds. The van der Waals surface area contributed by atoms with Gasteiger partial charge in [-0.15, -0.1) is 0 Å². The molecule has 0 heterocycles. The van der Waals surface area contributed by atoms with Crippen molar-refractivity contribution in [3.05, 3.63) is 29.3 Å². The van der Waals surface area contributed by atoms with Gasteiger partial charge in [-0.05, 0) is 36.1 Å². The van der Waals surface area contributed by atoms with Gasteiger partial charge in [-0.3, -0.25) is 0 Å². The highest BCUT2D eigenvalue weighted by atomic mass is 16.5. The van der Waals surface area contributed by atoms with E-state index >= 15 is 0 Å². The fourth-order valence-electron chi connectivity index (χ4n) is 1.96. The lowest BCUT2D eigenvalue weighted by molar-refractivity contribution is 0.0536. The van der Waals surface area contributed by atoms with Crippen molar-refractivity contribution in [2.45, 2.75) is 25.0 Å². The second-order valence-corrected chi connectivity index (χ2v) is 4.15. The van der Waals surface area contributed by atoms with Gasteiger partial charge in [0.1, 0.15) is 18.5 Å². The predicted octanol–water partition coefficient (Wildman–Crippen LogP) is 0.365. The molecule has 0 saturated carbocycles. The second kappa shape index (κ2) is 4.82. The zero-order valence-electron chi connectivity index (χ0n) is 9.10. The summed E-state index contributed by atoms with van der Waals surface area (Å²) in [6, 6.07) is 5.95. The van der Waals surface area contributed by atoms with Crippen molar-refractivity contribution in [1.82, 2.24) is 0 Å². The number of hydrogen-bond acceptors (Lipinski definition) is 4. The first-order valence-electron chi connectivity index (χ1n) is 5.51. The Morgan fingerprint density at radius 2 is 2.31 bits per heavy atom. The molecule has 4 heteroatoms. The van der Waals surface area contributed by atoms with E-state index < -0.39 is 6.10 Å². The molecule has 0 bridgehead atoms. The maximum Gasteiger partial charge on any atom is 0.119 e. The Bertz CT molecular complexity index is 367. The maximum absolute atomic E-state index is 9.16. The normalized spacial score (nSPS) is 20.6. The third kappa shape index (κ3) is 2.35. The first-order valence-corrected chi connectivity index (χ1v) is 5.51. The third-order valence-electron chi connectivity index (χ3n) is 2.89. The van der Waals surface area contributed by atoms with Crippen LogP contribution in [0.15, 0.2) is 18.2 Å². The number of nitrogens with two attached hydrogens (primary N) is 1. The van der Waals surface area contributed by atoms with Gasteiger partial charge in [0.15, 0.2) is 0 Å². The van der Waals surface area contributed by atoms with E-state index in [0.29, 0.717) is 0 Å². The number of fused-ring (bicyclic) bond motifs is 1. The summed E-state index contributed by atoms with van der Waals surface area (Å²) >= 11 is 0. The van der Waals surface area contributed by atoms with Gasteiger partial charge in [0, 0.05) is 6.04 Å². The zero-order valence-corrected chi connectivity index (χ0v) is 9.10. The van der Waals surface area contributed by atoms with E-state index in [1.807, 2.05) is 18.2 Å². The monoisotopic (exact) mass is 223 g/mol. The number of rotatable bonds is 4. The summed E-state index contributed by atoms with van der Waals surface area (Å²) in [5.41, 5.74) is 8.34. The Morgan fingerprint density at radius 1 is 1.50 bits per heavy atom. The lowest BCUT2D eigenvalue weighted by Gasteiger charge is -2.11. The summed E-state index contributed by atoms with van der Waals surface area (Å²) in [5.74, 6) is 0.723. The Hall–Kier alpha value is -1.10. The summed E-state index contributed by atoms with van der Waals surface area (Å²) < 4.78 is 5.37. The molecule has 1 aromatic rings. The Kier molecular flexibility index (Phi) is 3.43. The average Bonchev–Trinajstić information content (AvgIpc) is 2.67. The van der Waals surface area contributed by atoms with E-state index in [2.05, 4.69) is 0 Å². The third-order valence-corrected chi connectivity index (χ3v) is 2.89. The first kappa shape index (κ1) is 11.4. The highest BCUT2D eigenvalue weighted by molar-refractivity contribution is 5.40. The lowest BCUT2D eigenvalue weighted by Crippen LogP contribution is -2.21. The van der Waals surface area contributed by atoms with Gasteiger partial charge in [-0.2, -0.15) is 0 Å². The molecule has 1 aromatic carbocycles. The van der Waals surface area contributed by atoms with Gasteiger partial charge in [0.05, 0.1) is 6.61 Å². The van der Waals surface area contributed by atoms with E-state index in [-0.39, 0.29) is 19.3 Å². The standard InChI is InChI=1S/C12H17NO3/c13-12-4-1-8-5-10(2-3-11(8)12)16-7-9(15)6-14/h2-3,5,9,12,14-15H,1,4,6-7,13H2/t9?,12-/m1/s1. The highest BCUT2D eigenvalue weighted by Gasteiger charge is 2.19. The summed E-state index contributed by atoms with van der Waals surface area (Å²) in [7, 11) is 0. The number of ether oxygens (including phenoxy) is 1. The van der Waals surface area contributed by atoms with Crippen LogP contribution in [-0.4, -0.2) is 29.5 Å². The van der Waals surface area contributed by atoms with Crippen molar-refractivity contribution in [3.63, 3.8) is 0 Å². The smallest absolute Gasteiger partial charge is 0.119 e. The maximum atomic E-state index is 9.16. The topological polar surface area (TPSA) is 75.7 Å². The molecule has 1 aliphatic carbocycles. The van der Waals surface area contributed by atoms with Crippen LogP contribution >= 0.6 is 0 Å². The van der Waals surface area contributed by atoms with Crippen LogP contribution in [0.25, 0.3) is 0 Å². The SMILES string of the molecule is N[C@@H]1CCc2cc(OCC(O)CO)ccc21. The molecule has 0 saturated heterocycles. The van der Waals surface area contributed by atoms with Crippen molar-refractivity contribution in [2.75, 3.05) is 13.2 Å². The molecule has 0 aromatic heterocycles. The molecule has 88 valence electrons. The molecule has 2 atom stereocenters. The van der Waals surface area contributed by atoms with E-state index in [0.717, 1.165) is 18.6 Å². The fourth-order valence-corrected chi connectivity index (χ4v) is 1.96. The Morgan fingerprint density at radius 3 is 3.06 bits per heavy atom. The summed E-state index contributed by atoms with van der Waals surface area (Å²) in [5, 5.41) is 17.8. The molecule has 0 aliphatic heterocycles. The Balaban J connectivity index is 2.02. The quantitative estimate of drug-likeness (QED) is 0.689. The molecule has 0 fully saturated rings. The van der Waals surface area contributed by atoms with Crippen molar-refractivity contribution < 1.29 is 14.9 Å². The molecule has 0 radical (unpaired) electrons. The minimum Gasteiger partial charge on any atom is -0.491 e. The van der Waals surface area contributed by atoms with Gasteiger partial charge in [0.2, 0.25) is 0 Å². The van der Waals surface area contributed by atoms with Crippen LogP contribution < -0.4 is 10.5 Å². The lowest BCUT2D eigenvalue weighted by atomic mass is 10.1. The molecule has 2 rings (SSSR count). The Labute approximate surface area is 94.7 Å². The van der Waals surface area contributed by atoms with Crippen LogP contribution in [0.3, 0.4) is 0 Å². The van der Waals surface area contributed by atoms with Crippen LogP contribution in [-0.2, 0) is 6.42 Å². The highest BCUT2D eigenvalue weighted by Crippen LogP contribution is 2.31. The molecule has 4 nitrogen and oxygen atoms in total. The number of aliphatic hydroxyl groups excluding tert-OH is 2. The van der Waals surface area contributed by atoms with Crippen molar-refractivity contribution in [3.8, 4) is 5.75 Å². The van der Waals surface area contributed by atoms with Gasteiger partial charge in [0.25, 0.3) is 0 Å². The second-order valence-electron chi connectivity index (χ2n) is 4.15. The van der Waals surface area contributed by atoms with Crippen molar-refractivity contribution in [1.29, 1.82) is 0 Å². The van der Waals surface area contributed by atoms with E-state index in [9.17, 15) is 0 Å². The fraction of sp³-hybridized carbons (Fsp3) is 0.500. The molecule has 0 spiro atoms. The molecular formula is C12H17NO3. The number of hydrogen-bond donors (Lipinski definition) is 3. The van der Waals surface area contributed by atoms with Crippen molar-refractivity contribution in [2.24, 2.45) is 5.73 Å². The van der Waals surface area contributed by atoms with Gasteiger partial charge in [-0.1, -0.05) is 6.07 Å². The molecule has 16 heavy (non-hydrogen) atoms. The molecule has 1 unspecified atom stereocenters. The van der Waals surface area contributed by atoms with Crippen LogP contribution in [0, 0.1) is 0 Å². The van der Waals surface area contributed by atoms with E-state index in [1.54, 1.807) is 0 Å². The number of aliphatic hydroxyl groups is 2. The number of aryl methyl sites for hydroxylation is 1. The van der Waals surface area contributed by atoms with Crippen molar-refractivity contribution >= 4 is 0 Å². The average molecular weight is 223 g/mol. The van der Waals surface area contributed by atoms with Gasteiger partial charge < -0.3 is 20.7 Å². The van der Waals surface area contributed by atoms with Crippen LogP contribution in [0.2, 0.25) is 0 Å². The van der Waals surface area contributed by atoms with E-state index in [1.165, 1.54) is 11.1 Å². The number of benzene rings is 1.